The molecule has 1 unspecified atom stereocenters. The summed E-state index contributed by atoms with van der Waals surface area (Å²) < 4.78 is 14.8. The first-order valence-corrected chi connectivity index (χ1v) is 11.8. The van der Waals surface area contributed by atoms with Gasteiger partial charge in [0.15, 0.2) is 10.3 Å². The average Bonchev–Trinajstić information content (AvgIpc) is 3.22. The lowest BCUT2D eigenvalue weighted by Crippen LogP contribution is -2.28. The van der Waals surface area contributed by atoms with Crippen LogP contribution in [0.15, 0.2) is 63.9 Å². The second-order valence-corrected chi connectivity index (χ2v) is 9.64. The molecule has 6 nitrogen and oxygen atoms in total. The molecule has 4 rings (SSSR count). The van der Waals surface area contributed by atoms with Crippen molar-refractivity contribution >= 4 is 45.0 Å². The Balaban J connectivity index is 1.53. The molecule has 1 amide bonds. The molecule has 0 aliphatic rings. The number of benzene rings is 2. The van der Waals surface area contributed by atoms with E-state index in [0.29, 0.717) is 26.9 Å². The highest BCUT2D eigenvalue weighted by Gasteiger charge is 2.21. The van der Waals surface area contributed by atoms with Crippen LogP contribution in [0.25, 0.3) is 22.2 Å². The van der Waals surface area contributed by atoms with Crippen molar-refractivity contribution in [3.8, 4) is 11.3 Å². The van der Waals surface area contributed by atoms with Crippen LogP contribution in [-0.2, 0) is 4.79 Å². The number of para-hydroxylation sites is 1. The minimum absolute atomic E-state index is 0.102. The highest BCUT2D eigenvalue weighted by Crippen LogP contribution is 2.28. The molecular formula is C23H21FN4O2S2. The van der Waals surface area contributed by atoms with Gasteiger partial charge < -0.3 is 5.32 Å². The van der Waals surface area contributed by atoms with Crippen molar-refractivity contribution < 1.29 is 9.18 Å². The van der Waals surface area contributed by atoms with Crippen LogP contribution in [-0.4, -0.2) is 25.7 Å². The van der Waals surface area contributed by atoms with E-state index in [1.807, 2.05) is 31.4 Å². The third-order valence-corrected chi connectivity index (χ3v) is 6.64. The number of hydrogen-bond donors (Lipinski definition) is 1. The molecule has 1 atom stereocenters. The summed E-state index contributed by atoms with van der Waals surface area (Å²) in [7, 11) is 0. The van der Waals surface area contributed by atoms with Crippen molar-refractivity contribution in [3.63, 3.8) is 0 Å². The van der Waals surface area contributed by atoms with Crippen molar-refractivity contribution in [2.24, 2.45) is 0 Å². The molecule has 0 saturated heterocycles. The molecule has 0 radical (unpaired) electrons. The monoisotopic (exact) mass is 468 g/mol. The van der Waals surface area contributed by atoms with Gasteiger partial charge >= 0.3 is 0 Å². The van der Waals surface area contributed by atoms with Crippen LogP contribution in [0.3, 0.4) is 0 Å². The summed E-state index contributed by atoms with van der Waals surface area (Å²) in [5.74, 6) is -0.557. The van der Waals surface area contributed by atoms with E-state index in [2.05, 4.69) is 15.3 Å². The number of amides is 1. The largest absolute Gasteiger partial charge is 0.301 e. The fourth-order valence-corrected chi connectivity index (χ4v) is 4.93. The minimum atomic E-state index is -0.508. The molecule has 0 aliphatic heterocycles. The number of rotatable bonds is 6. The number of anilines is 1. The second kappa shape index (κ2) is 9.22. The second-order valence-electron chi connectivity index (χ2n) is 7.47. The zero-order chi connectivity index (χ0) is 22.8. The molecule has 0 saturated carbocycles. The minimum Gasteiger partial charge on any atom is -0.301 e. The highest BCUT2D eigenvalue weighted by atomic mass is 32.2. The number of halogens is 1. The first-order valence-electron chi connectivity index (χ1n) is 10.0. The number of aromatic nitrogens is 3. The number of fused-ring (bicyclic) bond motifs is 1. The van der Waals surface area contributed by atoms with E-state index in [4.69, 9.17) is 0 Å². The Morgan fingerprint density at radius 2 is 1.81 bits per heavy atom. The van der Waals surface area contributed by atoms with Crippen LogP contribution in [0, 0.1) is 5.82 Å². The lowest BCUT2D eigenvalue weighted by atomic mass is 10.2. The number of nitrogens with zero attached hydrogens (tertiary/aromatic N) is 3. The number of nitrogens with one attached hydrogen (secondary N) is 1. The van der Waals surface area contributed by atoms with Gasteiger partial charge in [0.1, 0.15) is 5.82 Å². The van der Waals surface area contributed by atoms with Gasteiger partial charge in [-0.15, -0.1) is 11.3 Å². The van der Waals surface area contributed by atoms with E-state index in [1.165, 1.54) is 35.2 Å². The van der Waals surface area contributed by atoms with Gasteiger partial charge in [-0.3, -0.25) is 14.2 Å². The van der Waals surface area contributed by atoms with E-state index in [1.54, 1.807) is 35.8 Å². The maximum Gasteiger partial charge on any atom is 0.262 e. The molecule has 32 heavy (non-hydrogen) atoms. The van der Waals surface area contributed by atoms with Gasteiger partial charge in [-0.05, 0) is 57.2 Å². The van der Waals surface area contributed by atoms with Gasteiger partial charge in [-0.25, -0.2) is 14.4 Å². The van der Waals surface area contributed by atoms with E-state index in [9.17, 15) is 14.0 Å². The van der Waals surface area contributed by atoms with E-state index in [-0.39, 0.29) is 23.3 Å². The first-order chi connectivity index (χ1) is 15.3. The Labute approximate surface area is 192 Å². The Morgan fingerprint density at radius 3 is 2.53 bits per heavy atom. The molecule has 2 aromatic heterocycles. The van der Waals surface area contributed by atoms with Crippen molar-refractivity contribution in [3.05, 3.63) is 70.1 Å². The lowest BCUT2D eigenvalue weighted by Gasteiger charge is -2.18. The molecule has 0 aliphatic carbocycles. The smallest absolute Gasteiger partial charge is 0.262 e. The van der Waals surface area contributed by atoms with Gasteiger partial charge in [0.25, 0.3) is 5.56 Å². The summed E-state index contributed by atoms with van der Waals surface area (Å²) in [6.45, 7) is 5.60. The number of carbonyl (C=O) groups is 1. The fourth-order valence-electron chi connectivity index (χ4n) is 3.17. The van der Waals surface area contributed by atoms with Crippen molar-refractivity contribution in [1.29, 1.82) is 0 Å². The Kier molecular flexibility index (Phi) is 6.38. The standard InChI is InChI=1S/C23H21FN4O2S2/c1-13(2)28-21(30)17-6-4-5-7-18(17)26-23(28)32-14(3)20(29)27-22-25-19(12-31-22)15-8-10-16(24)11-9-15/h4-14H,1-3H3,(H,25,27,29). The van der Waals surface area contributed by atoms with E-state index in [0.717, 1.165) is 5.56 Å². The molecule has 164 valence electrons. The van der Waals surface area contributed by atoms with Crippen LogP contribution in [0.5, 0.6) is 0 Å². The number of thiazole rings is 1. The van der Waals surface area contributed by atoms with Gasteiger partial charge in [0, 0.05) is 17.0 Å². The van der Waals surface area contributed by atoms with Crippen molar-refractivity contribution in [2.75, 3.05) is 5.32 Å². The molecule has 2 heterocycles. The van der Waals surface area contributed by atoms with Crippen LogP contribution >= 0.6 is 23.1 Å². The van der Waals surface area contributed by atoms with Crippen LogP contribution < -0.4 is 10.9 Å². The van der Waals surface area contributed by atoms with E-state index >= 15 is 0 Å². The summed E-state index contributed by atoms with van der Waals surface area (Å²) in [6.07, 6.45) is 0. The zero-order valence-corrected chi connectivity index (χ0v) is 19.3. The molecular weight excluding hydrogens is 447 g/mol. The Bertz CT molecular complexity index is 1330. The van der Waals surface area contributed by atoms with Crippen LogP contribution in [0.1, 0.15) is 26.8 Å². The van der Waals surface area contributed by atoms with Crippen molar-refractivity contribution in [1.82, 2.24) is 14.5 Å². The summed E-state index contributed by atoms with van der Waals surface area (Å²) in [5, 5.41) is 5.63. The van der Waals surface area contributed by atoms with E-state index < -0.39 is 5.25 Å². The quantitative estimate of drug-likeness (QED) is 0.305. The molecule has 1 N–H and O–H groups in total. The summed E-state index contributed by atoms with van der Waals surface area (Å²) >= 11 is 2.53. The topological polar surface area (TPSA) is 76.9 Å². The zero-order valence-electron chi connectivity index (χ0n) is 17.7. The highest BCUT2D eigenvalue weighted by molar-refractivity contribution is 8.00. The number of carbonyl (C=O) groups excluding carboxylic acids is 1. The van der Waals surface area contributed by atoms with Gasteiger partial charge in [-0.1, -0.05) is 23.9 Å². The number of thioether (sulfide) groups is 1. The van der Waals surface area contributed by atoms with Gasteiger partial charge in [-0.2, -0.15) is 0 Å². The van der Waals surface area contributed by atoms with Gasteiger partial charge in [0.2, 0.25) is 5.91 Å². The summed E-state index contributed by atoms with van der Waals surface area (Å²) in [4.78, 5) is 34.8. The van der Waals surface area contributed by atoms with Crippen LogP contribution in [0.4, 0.5) is 9.52 Å². The molecule has 2 aromatic carbocycles. The predicted molar refractivity (Wildman–Crippen MR) is 128 cm³/mol. The van der Waals surface area contributed by atoms with Gasteiger partial charge in [0.05, 0.1) is 21.8 Å². The molecule has 4 aromatic rings. The molecule has 0 spiro atoms. The average molecular weight is 469 g/mol. The third kappa shape index (κ3) is 4.58. The predicted octanol–water partition coefficient (Wildman–Crippen LogP) is 5.36. The summed E-state index contributed by atoms with van der Waals surface area (Å²) in [6, 6.07) is 13.1. The maximum absolute atomic E-state index is 13.1. The maximum atomic E-state index is 13.1. The normalized spacial score (nSPS) is 12.3. The van der Waals surface area contributed by atoms with Crippen LogP contribution in [0.2, 0.25) is 0 Å². The lowest BCUT2D eigenvalue weighted by molar-refractivity contribution is -0.115. The fraction of sp³-hybridized carbons (Fsp3) is 0.217. The summed E-state index contributed by atoms with van der Waals surface area (Å²) in [5.41, 5.74) is 1.92. The molecule has 0 fully saturated rings. The Morgan fingerprint density at radius 1 is 1.09 bits per heavy atom. The SMILES string of the molecule is CC(Sc1nc2ccccc2c(=O)n1C(C)C)C(=O)Nc1nc(-c2ccc(F)cc2)cs1. The third-order valence-electron chi connectivity index (χ3n) is 4.82. The van der Waals surface area contributed by atoms with Crippen molar-refractivity contribution in [2.45, 2.75) is 37.2 Å². The molecule has 9 heteroatoms. The number of hydrogen-bond acceptors (Lipinski definition) is 6. The Hall–Kier alpha value is -3.04. The molecule has 0 bridgehead atoms. The first kappa shape index (κ1) is 22.2.